The third kappa shape index (κ3) is 3.92. The highest BCUT2D eigenvalue weighted by Crippen LogP contribution is 2.26. The first-order valence-electron chi connectivity index (χ1n) is 9.04. The molecule has 2 aromatic carbocycles. The molecule has 0 fully saturated rings. The zero-order chi connectivity index (χ0) is 20.8. The fraction of sp³-hybridized carbons (Fsp3) is 0.250. The lowest BCUT2D eigenvalue weighted by Gasteiger charge is -2.12. The van der Waals surface area contributed by atoms with Gasteiger partial charge in [-0.2, -0.15) is 0 Å². The maximum Gasteiger partial charge on any atom is 0.190 e. The molecule has 0 spiro atoms. The van der Waals surface area contributed by atoms with E-state index < -0.39 is 19.7 Å². The second kappa shape index (κ2) is 7.00. The molecule has 9 heteroatoms. The topological polar surface area (TPSA) is 91.0 Å². The van der Waals surface area contributed by atoms with Gasteiger partial charge in [0, 0.05) is 30.0 Å². The molecule has 0 atom stereocenters. The molecule has 0 aliphatic heterocycles. The number of sulfone groups is 2. The van der Waals surface area contributed by atoms with Crippen molar-refractivity contribution in [2.75, 3.05) is 18.3 Å². The Morgan fingerprint density at radius 3 is 2.21 bits per heavy atom. The fourth-order valence-corrected chi connectivity index (χ4v) is 4.97. The van der Waals surface area contributed by atoms with Gasteiger partial charge in [0.25, 0.3) is 0 Å². The van der Waals surface area contributed by atoms with Gasteiger partial charge in [-0.25, -0.2) is 21.8 Å². The van der Waals surface area contributed by atoms with E-state index in [1.165, 1.54) is 12.5 Å². The lowest BCUT2D eigenvalue weighted by Crippen LogP contribution is -2.16. The van der Waals surface area contributed by atoms with Crippen LogP contribution in [0.5, 0.6) is 0 Å². The maximum absolute atomic E-state index is 12.4. The maximum atomic E-state index is 12.4. The molecule has 2 heterocycles. The van der Waals surface area contributed by atoms with Crippen LogP contribution in [-0.2, 0) is 32.8 Å². The lowest BCUT2D eigenvalue weighted by molar-refractivity contribution is 0.580. The van der Waals surface area contributed by atoms with Crippen molar-refractivity contribution in [3.05, 3.63) is 60.4 Å². The molecule has 4 rings (SSSR count). The van der Waals surface area contributed by atoms with Crippen molar-refractivity contribution in [1.82, 2.24) is 14.1 Å². The Morgan fingerprint density at radius 2 is 1.52 bits per heavy atom. The summed E-state index contributed by atoms with van der Waals surface area (Å²) in [5.74, 6) is 0.590. The van der Waals surface area contributed by atoms with E-state index in [4.69, 9.17) is 0 Å². The van der Waals surface area contributed by atoms with Gasteiger partial charge < -0.3 is 9.13 Å². The van der Waals surface area contributed by atoms with Gasteiger partial charge in [-0.15, -0.1) is 0 Å². The monoisotopic (exact) mass is 431 g/mol. The van der Waals surface area contributed by atoms with E-state index in [1.54, 1.807) is 10.6 Å². The van der Waals surface area contributed by atoms with Crippen molar-refractivity contribution in [2.24, 2.45) is 0 Å². The van der Waals surface area contributed by atoms with Crippen LogP contribution in [0.3, 0.4) is 0 Å². The smallest absolute Gasteiger partial charge is 0.190 e. The van der Waals surface area contributed by atoms with E-state index in [9.17, 15) is 16.8 Å². The molecule has 0 radical (unpaired) electrons. The average Bonchev–Trinajstić information content (AvgIpc) is 3.18. The standard InChI is InChI=1S/C20H21N3O4S2/c1-28(24,25)12-11-22-18-10-6-4-8-16(18)21-19(22)14-23-17-9-5-3-7-15(17)13-20(23)29(2,26)27/h3-10,13H,11-12,14H2,1-2H3. The number of nitrogens with zero attached hydrogens (tertiary/aromatic N) is 3. The summed E-state index contributed by atoms with van der Waals surface area (Å²) < 4.78 is 51.9. The molecule has 0 unspecified atom stereocenters. The molecule has 152 valence electrons. The normalized spacial score (nSPS) is 12.8. The first-order valence-corrected chi connectivity index (χ1v) is 13.0. The van der Waals surface area contributed by atoms with Crippen LogP contribution in [0.25, 0.3) is 21.9 Å². The van der Waals surface area contributed by atoms with Crippen molar-refractivity contribution in [3.8, 4) is 0 Å². The number of rotatable bonds is 6. The van der Waals surface area contributed by atoms with Crippen LogP contribution in [0.2, 0.25) is 0 Å². The number of fused-ring (bicyclic) bond motifs is 2. The highest BCUT2D eigenvalue weighted by atomic mass is 32.2. The van der Waals surface area contributed by atoms with Gasteiger partial charge in [0.1, 0.15) is 20.7 Å². The highest BCUT2D eigenvalue weighted by molar-refractivity contribution is 7.90. The SMILES string of the molecule is CS(=O)(=O)CCn1c(Cn2c(S(C)(=O)=O)cc3ccccc32)nc2ccccc21. The van der Waals surface area contributed by atoms with E-state index in [2.05, 4.69) is 4.98 Å². The molecule has 29 heavy (non-hydrogen) atoms. The van der Waals surface area contributed by atoms with Gasteiger partial charge in [-0.3, -0.25) is 0 Å². The van der Waals surface area contributed by atoms with Crippen LogP contribution in [-0.4, -0.2) is 49.2 Å². The average molecular weight is 432 g/mol. The summed E-state index contributed by atoms with van der Waals surface area (Å²) >= 11 is 0. The third-order valence-electron chi connectivity index (χ3n) is 4.87. The van der Waals surface area contributed by atoms with Crippen molar-refractivity contribution >= 4 is 41.6 Å². The summed E-state index contributed by atoms with van der Waals surface area (Å²) in [5.41, 5.74) is 2.35. The zero-order valence-corrected chi connectivity index (χ0v) is 17.7. The summed E-state index contributed by atoms with van der Waals surface area (Å²) in [6, 6.07) is 16.6. The van der Waals surface area contributed by atoms with Crippen molar-refractivity contribution in [2.45, 2.75) is 18.1 Å². The van der Waals surface area contributed by atoms with Crippen LogP contribution in [0.15, 0.2) is 59.6 Å². The number of para-hydroxylation sites is 3. The molecule has 0 aliphatic carbocycles. The number of aromatic nitrogens is 3. The minimum atomic E-state index is -3.46. The Bertz CT molecular complexity index is 1430. The fourth-order valence-electron chi connectivity index (χ4n) is 3.55. The second-order valence-electron chi connectivity index (χ2n) is 7.20. The minimum Gasteiger partial charge on any atom is -0.325 e. The minimum absolute atomic E-state index is 0.0221. The molecule has 0 amide bonds. The molecule has 2 aromatic heterocycles. The number of hydrogen-bond acceptors (Lipinski definition) is 5. The van der Waals surface area contributed by atoms with E-state index in [-0.39, 0.29) is 23.9 Å². The van der Waals surface area contributed by atoms with Crippen LogP contribution in [0.4, 0.5) is 0 Å². The number of imidazole rings is 1. The third-order valence-corrected chi connectivity index (χ3v) is 6.89. The highest BCUT2D eigenvalue weighted by Gasteiger charge is 2.20. The zero-order valence-electron chi connectivity index (χ0n) is 16.1. The number of benzene rings is 2. The quantitative estimate of drug-likeness (QED) is 0.468. The first-order chi connectivity index (χ1) is 13.6. The summed E-state index contributed by atoms with van der Waals surface area (Å²) in [7, 11) is -6.63. The molecule has 4 aromatic rings. The van der Waals surface area contributed by atoms with Gasteiger partial charge in [-0.1, -0.05) is 30.3 Å². The Morgan fingerprint density at radius 1 is 0.862 bits per heavy atom. The van der Waals surface area contributed by atoms with Crippen LogP contribution in [0, 0.1) is 0 Å². The largest absolute Gasteiger partial charge is 0.325 e. The molecule has 0 bridgehead atoms. The Labute approximate surface area is 169 Å². The van der Waals surface area contributed by atoms with E-state index in [1.807, 2.05) is 53.1 Å². The molecule has 7 nitrogen and oxygen atoms in total. The number of aryl methyl sites for hydroxylation is 1. The van der Waals surface area contributed by atoms with Crippen molar-refractivity contribution < 1.29 is 16.8 Å². The first kappa shape index (κ1) is 19.7. The molecular weight excluding hydrogens is 410 g/mol. The van der Waals surface area contributed by atoms with Crippen molar-refractivity contribution in [3.63, 3.8) is 0 Å². The van der Waals surface area contributed by atoms with E-state index in [0.717, 1.165) is 21.9 Å². The molecular formula is C20H21N3O4S2. The summed E-state index contributed by atoms with van der Waals surface area (Å²) in [6.07, 6.45) is 2.39. The predicted molar refractivity (Wildman–Crippen MR) is 114 cm³/mol. The molecule has 0 aliphatic rings. The van der Waals surface area contributed by atoms with Crippen LogP contribution >= 0.6 is 0 Å². The van der Waals surface area contributed by atoms with Crippen LogP contribution < -0.4 is 0 Å². The van der Waals surface area contributed by atoms with Gasteiger partial charge in [0.2, 0.25) is 0 Å². The Hall–Kier alpha value is -2.65. The summed E-state index contributed by atoms with van der Waals surface area (Å²) in [6.45, 7) is 0.469. The summed E-state index contributed by atoms with van der Waals surface area (Å²) in [4.78, 5) is 4.67. The van der Waals surface area contributed by atoms with E-state index >= 15 is 0 Å². The van der Waals surface area contributed by atoms with Gasteiger partial charge in [-0.05, 0) is 24.3 Å². The predicted octanol–water partition coefficient (Wildman–Crippen LogP) is 2.49. The Kier molecular flexibility index (Phi) is 4.74. The van der Waals surface area contributed by atoms with Crippen molar-refractivity contribution in [1.29, 1.82) is 0 Å². The van der Waals surface area contributed by atoms with Gasteiger partial charge >= 0.3 is 0 Å². The molecule has 0 saturated carbocycles. The summed E-state index contributed by atoms with van der Waals surface area (Å²) in [5, 5.41) is 1.03. The number of hydrogen-bond donors (Lipinski definition) is 0. The van der Waals surface area contributed by atoms with E-state index in [0.29, 0.717) is 5.82 Å². The van der Waals surface area contributed by atoms with Gasteiger partial charge in [0.05, 0.1) is 23.3 Å². The molecule has 0 N–H and O–H groups in total. The Balaban J connectivity index is 1.89. The van der Waals surface area contributed by atoms with Crippen LogP contribution in [0.1, 0.15) is 5.82 Å². The van der Waals surface area contributed by atoms with Gasteiger partial charge in [0.15, 0.2) is 9.84 Å². The lowest BCUT2D eigenvalue weighted by atomic mass is 10.2. The molecule has 0 saturated heterocycles. The second-order valence-corrected chi connectivity index (χ2v) is 11.4.